The maximum atomic E-state index is 12.6. The molecule has 1 amide bonds. The van der Waals surface area contributed by atoms with Gasteiger partial charge in [0.2, 0.25) is 11.8 Å². The SMILES string of the molecule is Cc1cccc(OC2CCN(C(=O)c3cc4n(n3)CCCO4)C2)n1. The van der Waals surface area contributed by atoms with E-state index in [9.17, 15) is 4.79 Å². The summed E-state index contributed by atoms with van der Waals surface area (Å²) in [6.07, 6.45) is 1.69. The van der Waals surface area contributed by atoms with Crippen LogP contribution in [0.1, 0.15) is 29.0 Å². The molecular formula is C17H20N4O3. The average Bonchev–Trinajstić information content (AvgIpc) is 3.20. The molecule has 0 radical (unpaired) electrons. The van der Waals surface area contributed by atoms with Gasteiger partial charge in [0.1, 0.15) is 6.10 Å². The standard InChI is InChI=1S/C17H20N4O3/c1-12-4-2-5-15(18-12)24-13-6-8-20(11-13)17(22)14-10-16-21(19-14)7-3-9-23-16/h2,4-5,10,13H,3,6-9,11H2,1H3. The van der Waals surface area contributed by atoms with E-state index in [0.717, 1.165) is 25.1 Å². The number of carbonyl (C=O) groups is 1. The molecule has 4 rings (SSSR count). The first-order chi connectivity index (χ1) is 11.7. The average molecular weight is 328 g/mol. The molecule has 0 spiro atoms. The number of aromatic nitrogens is 3. The summed E-state index contributed by atoms with van der Waals surface area (Å²) >= 11 is 0. The third-order valence-corrected chi connectivity index (χ3v) is 4.31. The van der Waals surface area contributed by atoms with Crippen molar-refractivity contribution in [3.8, 4) is 11.8 Å². The Morgan fingerprint density at radius 2 is 2.29 bits per heavy atom. The van der Waals surface area contributed by atoms with Crippen LogP contribution in [0.25, 0.3) is 0 Å². The van der Waals surface area contributed by atoms with Crippen LogP contribution < -0.4 is 9.47 Å². The van der Waals surface area contributed by atoms with Gasteiger partial charge in [-0.05, 0) is 13.0 Å². The third kappa shape index (κ3) is 2.93. The third-order valence-electron chi connectivity index (χ3n) is 4.31. The predicted octanol–water partition coefficient (Wildman–Crippen LogP) is 1.66. The van der Waals surface area contributed by atoms with Crippen LogP contribution in [-0.4, -0.2) is 51.4 Å². The van der Waals surface area contributed by atoms with Crippen LogP contribution >= 0.6 is 0 Å². The molecule has 2 aliphatic heterocycles. The minimum Gasteiger partial charge on any atom is -0.478 e. The Morgan fingerprint density at radius 1 is 1.38 bits per heavy atom. The lowest BCUT2D eigenvalue weighted by atomic mass is 10.3. The van der Waals surface area contributed by atoms with Gasteiger partial charge in [-0.15, -0.1) is 0 Å². The molecule has 1 fully saturated rings. The fraction of sp³-hybridized carbons (Fsp3) is 0.471. The minimum atomic E-state index is -0.0659. The molecule has 1 saturated heterocycles. The number of nitrogens with zero attached hydrogens (tertiary/aromatic N) is 4. The van der Waals surface area contributed by atoms with E-state index in [1.54, 1.807) is 15.6 Å². The lowest BCUT2D eigenvalue weighted by molar-refractivity contribution is 0.0764. The number of hydrogen-bond donors (Lipinski definition) is 0. The fourth-order valence-electron chi connectivity index (χ4n) is 3.10. The number of ether oxygens (including phenoxy) is 2. The Hall–Kier alpha value is -2.57. The first-order valence-corrected chi connectivity index (χ1v) is 8.29. The van der Waals surface area contributed by atoms with Gasteiger partial charge >= 0.3 is 0 Å². The molecule has 0 N–H and O–H groups in total. The molecule has 126 valence electrons. The first kappa shape index (κ1) is 15.0. The lowest BCUT2D eigenvalue weighted by Crippen LogP contribution is -2.31. The fourth-order valence-corrected chi connectivity index (χ4v) is 3.10. The number of pyridine rings is 1. The second-order valence-electron chi connectivity index (χ2n) is 6.19. The molecule has 1 atom stereocenters. The summed E-state index contributed by atoms with van der Waals surface area (Å²) in [4.78, 5) is 18.8. The maximum Gasteiger partial charge on any atom is 0.274 e. The molecule has 24 heavy (non-hydrogen) atoms. The zero-order valence-corrected chi connectivity index (χ0v) is 13.6. The summed E-state index contributed by atoms with van der Waals surface area (Å²) in [5.74, 6) is 1.23. The zero-order valence-electron chi connectivity index (χ0n) is 13.6. The molecule has 0 aromatic carbocycles. The Labute approximate surface area is 140 Å². The second-order valence-corrected chi connectivity index (χ2v) is 6.19. The molecule has 2 aromatic rings. The molecule has 4 heterocycles. The molecule has 1 unspecified atom stereocenters. The van der Waals surface area contributed by atoms with Gasteiger partial charge < -0.3 is 14.4 Å². The van der Waals surface area contributed by atoms with Gasteiger partial charge in [-0.3, -0.25) is 4.79 Å². The number of amides is 1. The highest BCUT2D eigenvalue weighted by Crippen LogP contribution is 2.22. The van der Waals surface area contributed by atoms with E-state index in [4.69, 9.17) is 9.47 Å². The summed E-state index contributed by atoms with van der Waals surface area (Å²) in [7, 11) is 0. The molecule has 0 bridgehead atoms. The zero-order chi connectivity index (χ0) is 16.5. The van der Waals surface area contributed by atoms with Crippen molar-refractivity contribution < 1.29 is 14.3 Å². The summed E-state index contributed by atoms with van der Waals surface area (Å²) in [5, 5.41) is 4.36. The van der Waals surface area contributed by atoms with E-state index in [0.29, 0.717) is 37.2 Å². The summed E-state index contributed by atoms with van der Waals surface area (Å²) in [5.41, 5.74) is 1.36. The van der Waals surface area contributed by atoms with Crippen LogP contribution in [0.15, 0.2) is 24.3 Å². The Bertz CT molecular complexity index is 735. The number of fused-ring (bicyclic) bond motifs is 1. The lowest BCUT2D eigenvalue weighted by Gasteiger charge is -2.16. The number of aryl methyl sites for hydroxylation is 2. The maximum absolute atomic E-state index is 12.6. The normalized spacial score (nSPS) is 19.7. The minimum absolute atomic E-state index is 0.0308. The highest BCUT2D eigenvalue weighted by Gasteiger charge is 2.30. The quantitative estimate of drug-likeness (QED) is 0.857. The van der Waals surface area contributed by atoms with Crippen LogP contribution in [0.2, 0.25) is 0 Å². The van der Waals surface area contributed by atoms with Crippen molar-refractivity contribution >= 4 is 5.91 Å². The van der Waals surface area contributed by atoms with Gasteiger partial charge in [0.05, 0.1) is 13.2 Å². The molecule has 2 aromatic heterocycles. The van der Waals surface area contributed by atoms with Crippen molar-refractivity contribution in [2.24, 2.45) is 0 Å². The number of carbonyl (C=O) groups excluding carboxylic acids is 1. The van der Waals surface area contributed by atoms with Gasteiger partial charge in [-0.25, -0.2) is 9.67 Å². The number of likely N-dealkylation sites (tertiary alicyclic amines) is 1. The van der Waals surface area contributed by atoms with Crippen molar-refractivity contribution in [2.75, 3.05) is 19.7 Å². The van der Waals surface area contributed by atoms with Gasteiger partial charge in [-0.2, -0.15) is 5.10 Å². The molecule has 7 heteroatoms. The van der Waals surface area contributed by atoms with E-state index in [-0.39, 0.29) is 12.0 Å². The van der Waals surface area contributed by atoms with Crippen molar-refractivity contribution in [1.29, 1.82) is 0 Å². The van der Waals surface area contributed by atoms with Gasteiger partial charge in [0, 0.05) is 43.8 Å². The Morgan fingerprint density at radius 3 is 3.12 bits per heavy atom. The van der Waals surface area contributed by atoms with Crippen molar-refractivity contribution in [3.05, 3.63) is 35.7 Å². The predicted molar refractivity (Wildman–Crippen MR) is 86.2 cm³/mol. The van der Waals surface area contributed by atoms with E-state index in [1.165, 1.54) is 0 Å². The Kier molecular flexibility index (Phi) is 3.84. The van der Waals surface area contributed by atoms with E-state index in [2.05, 4.69) is 10.1 Å². The van der Waals surface area contributed by atoms with Crippen LogP contribution in [0.5, 0.6) is 11.8 Å². The van der Waals surface area contributed by atoms with Gasteiger partial charge in [0.15, 0.2) is 5.69 Å². The highest BCUT2D eigenvalue weighted by molar-refractivity contribution is 5.92. The summed E-state index contributed by atoms with van der Waals surface area (Å²) in [6, 6.07) is 7.43. The largest absolute Gasteiger partial charge is 0.478 e. The molecule has 0 saturated carbocycles. The van der Waals surface area contributed by atoms with Crippen LogP contribution in [-0.2, 0) is 6.54 Å². The second kappa shape index (κ2) is 6.14. The number of rotatable bonds is 3. The van der Waals surface area contributed by atoms with Gasteiger partial charge in [-0.1, -0.05) is 6.07 Å². The topological polar surface area (TPSA) is 69.5 Å². The molecule has 2 aliphatic rings. The van der Waals surface area contributed by atoms with Crippen LogP contribution in [0.4, 0.5) is 0 Å². The summed E-state index contributed by atoms with van der Waals surface area (Å²) < 4.78 is 13.2. The summed E-state index contributed by atoms with van der Waals surface area (Å²) in [6.45, 7) is 4.63. The number of hydrogen-bond acceptors (Lipinski definition) is 5. The smallest absolute Gasteiger partial charge is 0.274 e. The van der Waals surface area contributed by atoms with Gasteiger partial charge in [0.25, 0.3) is 5.91 Å². The van der Waals surface area contributed by atoms with Crippen molar-refractivity contribution in [2.45, 2.75) is 32.4 Å². The van der Waals surface area contributed by atoms with Crippen molar-refractivity contribution in [1.82, 2.24) is 19.7 Å². The van der Waals surface area contributed by atoms with Crippen molar-refractivity contribution in [3.63, 3.8) is 0 Å². The van der Waals surface area contributed by atoms with Crippen LogP contribution in [0, 0.1) is 6.92 Å². The first-order valence-electron chi connectivity index (χ1n) is 8.29. The Balaban J connectivity index is 1.41. The monoisotopic (exact) mass is 328 g/mol. The molecule has 0 aliphatic carbocycles. The van der Waals surface area contributed by atoms with E-state index >= 15 is 0 Å². The molecule has 7 nitrogen and oxygen atoms in total. The van der Waals surface area contributed by atoms with Crippen LogP contribution in [0.3, 0.4) is 0 Å². The van der Waals surface area contributed by atoms with E-state index in [1.807, 2.05) is 25.1 Å². The van der Waals surface area contributed by atoms with E-state index < -0.39 is 0 Å². The molecular weight excluding hydrogens is 308 g/mol. The highest BCUT2D eigenvalue weighted by atomic mass is 16.5.